The molecule has 0 saturated carbocycles. The standard InChI is InChI=1S/C20H20FN3OS/c1-12(2)13-6-8-15(9-7-13)22-19(25)14-10-24(11-14)20-23-18-16(21)4-3-5-17(18)26-20/h3-9,12,14H,10-11H2,1-2H3,(H,22,25). The molecule has 0 atom stereocenters. The summed E-state index contributed by atoms with van der Waals surface area (Å²) in [6, 6.07) is 13.0. The van der Waals surface area contributed by atoms with E-state index in [1.807, 2.05) is 35.2 Å². The highest BCUT2D eigenvalue weighted by atomic mass is 32.1. The highest BCUT2D eigenvalue weighted by Crippen LogP contribution is 2.34. The Morgan fingerprint density at radius 2 is 1.96 bits per heavy atom. The number of anilines is 2. The van der Waals surface area contributed by atoms with E-state index in [0.717, 1.165) is 15.5 Å². The van der Waals surface area contributed by atoms with Crippen LogP contribution >= 0.6 is 11.3 Å². The Morgan fingerprint density at radius 1 is 1.23 bits per heavy atom. The maximum atomic E-state index is 13.8. The number of rotatable bonds is 4. The van der Waals surface area contributed by atoms with E-state index in [4.69, 9.17) is 0 Å². The fourth-order valence-corrected chi connectivity index (χ4v) is 4.03. The Hall–Kier alpha value is -2.47. The summed E-state index contributed by atoms with van der Waals surface area (Å²) in [7, 11) is 0. The van der Waals surface area contributed by atoms with Crippen LogP contribution in [-0.4, -0.2) is 24.0 Å². The van der Waals surface area contributed by atoms with Crippen LogP contribution in [0.1, 0.15) is 25.3 Å². The van der Waals surface area contributed by atoms with E-state index in [2.05, 4.69) is 24.1 Å². The summed E-state index contributed by atoms with van der Waals surface area (Å²) < 4.78 is 14.6. The van der Waals surface area contributed by atoms with Crippen LogP contribution in [0.3, 0.4) is 0 Å². The van der Waals surface area contributed by atoms with Gasteiger partial charge in [0, 0.05) is 18.8 Å². The van der Waals surface area contributed by atoms with E-state index in [1.54, 1.807) is 6.07 Å². The Kier molecular flexibility index (Phi) is 4.36. The van der Waals surface area contributed by atoms with Gasteiger partial charge in [0.1, 0.15) is 11.3 Å². The van der Waals surface area contributed by atoms with Gasteiger partial charge in [0.25, 0.3) is 0 Å². The number of para-hydroxylation sites is 1. The van der Waals surface area contributed by atoms with E-state index in [0.29, 0.717) is 24.5 Å². The maximum Gasteiger partial charge on any atom is 0.231 e. The first-order valence-corrected chi connectivity index (χ1v) is 9.54. The molecule has 1 aromatic heterocycles. The molecule has 0 spiro atoms. The highest BCUT2D eigenvalue weighted by molar-refractivity contribution is 7.22. The van der Waals surface area contributed by atoms with Gasteiger partial charge in [-0.3, -0.25) is 4.79 Å². The third-order valence-electron chi connectivity index (χ3n) is 4.73. The number of halogens is 1. The predicted octanol–water partition coefficient (Wildman–Crippen LogP) is 4.63. The number of benzene rings is 2. The minimum absolute atomic E-state index is 0.0193. The average Bonchev–Trinajstić information content (AvgIpc) is 2.99. The maximum absolute atomic E-state index is 13.8. The topological polar surface area (TPSA) is 45.2 Å². The van der Waals surface area contributed by atoms with Crippen molar-refractivity contribution in [3.8, 4) is 0 Å². The lowest BCUT2D eigenvalue weighted by Crippen LogP contribution is -2.52. The molecule has 134 valence electrons. The van der Waals surface area contributed by atoms with E-state index in [-0.39, 0.29) is 17.6 Å². The predicted molar refractivity (Wildman–Crippen MR) is 104 cm³/mol. The molecule has 4 rings (SSSR count). The van der Waals surface area contributed by atoms with Crippen molar-refractivity contribution < 1.29 is 9.18 Å². The molecule has 1 fully saturated rings. The first-order valence-electron chi connectivity index (χ1n) is 8.72. The normalized spacial score (nSPS) is 14.7. The minimum atomic E-state index is -0.301. The molecule has 1 amide bonds. The van der Waals surface area contributed by atoms with Gasteiger partial charge in [-0.25, -0.2) is 9.37 Å². The molecular weight excluding hydrogens is 349 g/mol. The molecule has 1 aliphatic heterocycles. The quantitative estimate of drug-likeness (QED) is 0.729. The number of fused-ring (bicyclic) bond motifs is 1. The van der Waals surface area contributed by atoms with Gasteiger partial charge < -0.3 is 10.2 Å². The zero-order valence-corrected chi connectivity index (χ0v) is 15.5. The van der Waals surface area contributed by atoms with Crippen LogP contribution in [0.25, 0.3) is 10.2 Å². The van der Waals surface area contributed by atoms with E-state index >= 15 is 0 Å². The SMILES string of the molecule is CC(C)c1ccc(NC(=O)C2CN(c3nc4c(F)cccc4s3)C2)cc1. The molecule has 26 heavy (non-hydrogen) atoms. The molecule has 0 radical (unpaired) electrons. The largest absolute Gasteiger partial charge is 0.346 e. The van der Waals surface area contributed by atoms with Crippen LogP contribution in [0, 0.1) is 11.7 Å². The van der Waals surface area contributed by atoms with Crippen LogP contribution in [-0.2, 0) is 4.79 Å². The smallest absolute Gasteiger partial charge is 0.231 e. The van der Waals surface area contributed by atoms with Gasteiger partial charge in [0.15, 0.2) is 5.13 Å². The van der Waals surface area contributed by atoms with Crippen molar-refractivity contribution in [2.24, 2.45) is 5.92 Å². The summed E-state index contributed by atoms with van der Waals surface area (Å²) in [5.41, 5.74) is 2.48. The lowest BCUT2D eigenvalue weighted by atomic mass is 9.99. The lowest BCUT2D eigenvalue weighted by Gasteiger charge is -2.37. The number of nitrogens with zero attached hydrogens (tertiary/aromatic N) is 2. The lowest BCUT2D eigenvalue weighted by molar-refractivity contribution is -0.120. The number of carbonyl (C=O) groups is 1. The Bertz CT molecular complexity index is 945. The van der Waals surface area contributed by atoms with Gasteiger partial charge in [0.2, 0.25) is 5.91 Å². The molecule has 0 unspecified atom stereocenters. The summed E-state index contributed by atoms with van der Waals surface area (Å²) in [4.78, 5) is 18.8. The number of carbonyl (C=O) groups excluding carboxylic acids is 1. The molecule has 1 aliphatic rings. The number of aromatic nitrogens is 1. The summed E-state index contributed by atoms with van der Waals surface area (Å²) in [5.74, 6) is 0.116. The number of hydrogen-bond donors (Lipinski definition) is 1. The van der Waals surface area contributed by atoms with Crippen LogP contribution in [0.2, 0.25) is 0 Å². The van der Waals surface area contributed by atoms with Crippen molar-refractivity contribution in [2.45, 2.75) is 19.8 Å². The first-order chi connectivity index (χ1) is 12.5. The minimum Gasteiger partial charge on any atom is -0.346 e. The van der Waals surface area contributed by atoms with Crippen LogP contribution in [0.5, 0.6) is 0 Å². The summed E-state index contributed by atoms with van der Waals surface area (Å²) in [6.07, 6.45) is 0. The zero-order valence-electron chi connectivity index (χ0n) is 14.7. The molecule has 2 aromatic carbocycles. The van der Waals surface area contributed by atoms with Crippen molar-refractivity contribution in [3.05, 3.63) is 53.8 Å². The molecule has 2 heterocycles. The number of thiazole rings is 1. The van der Waals surface area contributed by atoms with Crippen molar-refractivity contribution in [2.75, 3.05) is 23.3 Å². The molecule has 0 aliphatic carbocycles. The molecule has 3 aromatic rings. The van der Waals surface area contributed by atoms with Gasteiger partial charge >= 0.3 is 0 Å². The van der Waals surface area contributed by atoms with Crippen molar-refractivity contribution in [3.63, 3.8) is 0 Å². The van der Waals surface area contributed by atoms with E-state index in [9.17, 15) is 9.18 Å². The van der Waals surface area contributed by atoms with E-state index in [1.165, 1.54) is 23.0 Å². The number of nitrogens with one attached hydrogen (secondary N) is 1. The van der Waals surface area contributed by atoms with Gasteiger partial charge in [-0.1, -0.05) is 43.4 Å². The van der Waals surface area contributed by atoms with Crippen molar-refractivity contribution in [1.82, 2.24) is 4.98 Å². The second-order valence-electron chi connectivity index (χ2n) is 6.95. The monoisotopic (exact) mass is 369 g/mol. The first kappa shape index (κ1) is 17.0. The number of amides is 1. The fraction of sp³-hybridized carbons (Fsp3) is 0.300. The third-order valence-corrected chi connectivity index (χ3v) is 5.81. The average molecular weight is 369 g/mol. The third kappa shape index (κ3) is 3.17. The van der Waals surface area contributed by atoms with Crippen molar-refractivity contribution >= 4 is 38.3 Å². The van der Waals surface area contributed by atoms with Gasteiger partial charge in [-0.2, -0.15) is 0 Å². The molecule has 6 heteroatoms. The Balaban J connectivity index is 1.37. The zero-order chi connectivity index (χ0) is 18.3. The van der Waals surface area contributed by atoms with Crippen molar-refractivity contribution in [1.29, 1.82) is 0 Å². The Labute approximate surface area is 155 Å². The molecule has 4 nitrogen and oxygen atoms in total. The summed E-state index contributed by atoms with van der Waals surface area (Å²) in [5, 5.41) is 3.75. The van der Waals surface area contributed by atoms with Gasteiger partial charge in [-0.15, -0.1) is 0 Å². The van der Waals surface area contributed by atoms with Gasteiger partial charge in [-0.05, 0) is 35.7 Å². The fourth-order valence-electron chi connectivity index (χ4n) is 3.03. The molecule has 1 saturated heterocycles. The summed E-state index contributed by atoms with van der Waals surface area (Å²) >= 11 is 1.46. The second-order valence-corrected chi connectivity index (χ2v) is 7.96. The number of hydrogen-bond acceptors (Lipinski definition) is 4. The van der Waals surface area contributed by atoms with Crippen LogP contribution in [0.15, 0.2) is 42.5 Å². The highest BCUT2D eigenvalue weighted by Gasteiger charge is 2.34. The van der Waals surface area contributed by atoms with Crippen LogP contribution < -0.4 is 10.2 Å². The second kappa shape index (κ2) is 6.68. The molecular formula is C20H20FN3OS. The van der Waals surface area contributed by atoms with Gasteiger partial charge in [0.05, 0.1) is 10.6 Å². The molecule has 1 N–H and O–H groups in total. The molecule has 0 bridgehead atoms. The van der Waals surface area contributed by atoms with E-state index < -0.39 is 0 Å². The Morgan fingerprint density at radius 3 is 2.62 bits per heavy atom. The van der Waals surface area contributed by atoms with Crippen LogP contribution in [0.4, 0.5) is 15.2 Å². The summed E-state index contributed by atoms with van der Waals surface area (Å²) in [6.45, 7) is 5.50.